The van der Waals surface area contributed by atoms with Crippen molar-refractivity contribution in [1.82, 2.24) is 15.4 Å². The molecule has 1 aromatic rings. The lowest BCUT2D eigenvalue weighted by atomic mass is 10.2. The van der Waals surface area contributed by atoms with E-state index in [0.717, 1.165) is 19.4 Å². The summed E-state index contributed by atoms with van der Waals surface area (Å²) in [4.78, 5) is 14.0. The highest BCUT2D eigenvalue weighted by Gasteiger charge is 2.14. The molecule has 0 spiro atoms. The maximum Gasteiger partial charge on any atom is 0.273 e. The van der Waals surface area contributed by atoms with Crippen LogP contribution in [0.5, 0.6) is 0 Å². The van der Waals surface area contributed by atoms with E-state index in [1.54, 1.807) is 0 Å². The fourth-order valence-corrected chi connectivity index (χ4v) is 1.61. The Morgan fingerprint density at radius 1 is 1.63 bits per heavy atom. The third kappa shape index (κ3) is 5.00. The normalized spacial score (nSPS) is 12.7. The molecule has 0 radical (unpaired) electrons. The van der Waals surface area contributed by atoms with Gasteiger partial charge in [-0.05, 0) is 26.9 Å². The van der Waals surface area contributed by atoms with E-state index in [-0.39, 0.29) is 24.2 Å². The Kier molecular flexibility index (Phi) is 6.52. The van der Waals surface area contributed by atoms with E-state index in [9.17, 15) is 4.79 Å². The van der Waals surface area contributed by atoms with Crippen molar-refractivity contribution in [1.29, 1.82) is 0 Å². The minimum atomic E-state index is -0.279. The molecular weight excluding hydrogens is 246 g/mol. The first kappa shape index (κ1) is 15.7. The predicted octanol–water partition coefficient (Wildman–Crippen LogP) is 1.02. The van der Waals surface area contributed by atoms with Gasteiger partial charge in [0, 0.05) is 18.7 Å². The third-order valence-electron chi connectivity index (χ3n) is 3.12. The van der Waals surface area contributed by atoms with E-state index < -0.39 is 0 Å². The Labute approximate surface area is 113 Å². The van der Waals surface area contributed by atoms with Crippen molar-refractivity contribution in [2.75, 3.05) is 20.1 Å². The minimum absolute atomic E-state index is 0.201. The van der Waals surface area contributed by atoms with Crippen molar-refractivity contribution in [3.63, 3.8) is 0 Å². The highest BCUT2D eigenvalue weighted by atomic mass is 16.5. The van der Waals surface area contributed by atoms with Crippen molar-refractivity contribution >= 4 is 5.91 Å². The van der Waals surface area contributed by atoms with E-state index in [1.807, 2.05) is 7.05 Å². The number of hydrogen-bond donors (Lipinski definition) is 2. The number of unbranched alkanes of at least 4 members (excludes halogenated alkanes) is 1. The summed E-state index contributed by atoms with van der Waals surface area (Å²) in [5.41, 5.74) is 0.201. The molecule has 108 valence electrons. The van der Waals surface area contributed by atoms with Gasteiger partial charge in [0.2, 0.25) is 0 Å². The van der Waals surface area contributed by atoms with Crippen LogP contribution in [0, 0.1) is 0 Å². The summed E-state index contributed by atoms with van der Waals surface area (Å²) in [6.07, 6.45) is 2.31. The van der Waals surface area contributed by atoms with Crippen LogP contribution in [0.1, 0.15) is 42.9 Å². The lowest BCUT2D eigenvalue weighted by molar-refractivity contribution is 0.0931. The van der Waals surface area contributed by atoms with Gasteiger partial charge < -0.3 is 19.8 Å². The molecule has 0 aliphatic rings. The molecule has 0 saturated carbocycles. The van der Waals surface area contributed by atoms with Crippen molar-refractivity contribution in [3.05, 3.63) is 17.5 Å². The zero-order valence-corrected chi connectivity index (χ0v) is 11.8. The van der Waals surface area contributed by atoms with Crippen LogP contribution in [0.2, 0.25) is 0 Å². The summed E-state index contributed by atoms with van der Waals surface area (Å²) >= 11 is 0. The largest absolute Gasteiger partial charge is 0.388 e. The summed E-state index contributed by atoms with van der Waals surface area (Å²) in [5, 5.41) is 15.2. The first-order valence-corrected chi connectivity index (χ1v) is 6.63. The van der Waals surface area contributed by atoms with Gasteiger partial charge in [-0.25, -0.2) is 0 Å². The van der Waals surface area contributed by atoms with Crippen LogP contribution in [0.4, 0.5) is 0 Å². The SMILES string of the molecule is CCCCN(C)C(C)CNC(=O)c1cc(CO)on1. The van der Waals surface area contributed by atoms with Crippen molar-refractivity contribution < 1.29 is 14.4 Å². The molecule has 1 unspecified atom stereocenters. The molecule has 1 atom stereocenters. The zero-order valence-electron chi connectivity index (χ0n) is 11.8. The van der Waals surface area contributed by atoms with Crippen LogP contribution in [0.3, 0.4) is 0 Å². The highest BCUT2D eigenvalue weighted by Crippen LogP contribution is 2.03. The molecule has 1 heterocycles. The smallest absolute Gasteiger partial charge is 0.273 e. The van der Waals surface area contributed by atoms with Crippen LogP contribution < -0.4 is 5.32 Å². The Morgan fingerprint density at radius 2 is 2.37 bits per heavy atom. The molecule has 1 rings (SSSR count). The second-order valence-electron chi connectivity index (χ2n) is 4.73. The lowest BCUT2D eigenvalue weighted by Gasteiger charge is -2.24. The second kappa shape index (κ2) is 7.91. The molecule has 0 aliphatic heterocycles. The Morgan fingerprint density at radius 3 is 2.95 bits per heavy atom. The summed E-state index contributed by atoms with van der Waals surface area (Å²) < 4.78 is 4.77. The Balaban J connectivity index is 2.36. The summed E-state index contributed by atoms with van der Waals surface area (Å²) in [7, 11) is 2.05. The van der Waals surface area contributed by atoms with Crippen molar-refractivity contribution in [3.8, 4) is 0 Å². The molecule has 19 heavy (non-hydrogen) atoms. The van der Waals surface area contributed by atoms with Gasteiger partial charge in [-0.3, -0.25) is 4.79 Å². The fraction of sp³-hybridized carbons (Fsp3) is 0.692. The molecular formula is C13H23N3O3. The van der Waals surface area contributed by atoms with Crippen LogP contribution >= 0.6 is 0 Å². The van der Waals surface area contributed by atoms with Gasteiger partial charge >= 0.3 is 0 Å². The molecule has 6 nitrogen and oxygen atoms in total. The average Bonchev–Trinajstić information content (AvgIpc) is 2.90. The Hall–Kier alpha value is -1.40. The minimum Gasteiger partial charge on any atom is -0.388 e. The van der Waals surface area contributed by atoms with Gasteiger partial charge in [-0.1, -0.05) is 18.5 Å². The summed E-state index contributed by atoms with van der Waals surface area (Å²) in [5.74, 6) is 0.0115. The van der Waals surface area contributed by atoms with Gasteiger partial charge in [0.15, 0.2) is 11.5 Å². The molecule has 1 aromatic heterocycles. The van der Waals surface area contributed by atoms with Crippen LogP contribution in [0.15, 0.2) is 10.6 Å². The van der Waals surface area contributed by atoms with Gasteiger partial charge in [-0.2, -0.15) is 0 Å². The molecule has 0 aromatic carbocycles. The van der Waals surface area contributed by atoms with E-state index >= 15 is 0 Å². The second-order valence-corrected chi connectivity index (χ2v) is 4.73. The average molecular weight is 269 g/mol. The predicted molar refractivity (Wildman–Crippen MR) is 71.8 cm³/mol. The molecule has 2 N–H and O–H groups in total. The number of carbonyl (C=O) groups excluding carboxylic acids is 1. The van der Waals surface area contributed by atoms with Crippen molar-refractivity contribution in [2.45, 2.75) is 39.3 Å². The maximum atomic E-state index is 11.8. The number of aliphatic hydroxyl groups is 1. The molecule has 6 heteroatoms. The standard InChI is InChI=1S/C13H23N3O3/c1-4-5-6-16(3)10(2)8-14-13(18)12-7-11(9-17)19-15-12/h7,10,17H,4-6,8-9H2,1-3H3,(H,14,18). The van der Waals surface area contributed by atoms with Crippen LogP contribution in [-0.2, 0) is 6.61 Å². The molecule has 1 amide bonds. The number of aromatic nitrogens is 1. The summed E-state index contributed by atoms with van der Waals surface area (Å²) in [6, 6.07) is 1.71. The number of nitrogens with zero attached hydrogens (tertiary/aromatic N) is 2. The van der Waals surface area contributed by atoms with Gasteiger partial charge in [-0.15, -0.1) is 0 Å². The first-order valence-electron chi connectivity index (χ1n) is 6.63. The fourth-order valence-electron chi connectivity index (χ4n) is 1.61. The molecule has 0 fully saturated rings. The summed E-state index contributed by atoms with van der Waals surface area (Å²) in [6.45, 7) is 5.55. The van der Waals surface area contributed by atoms with E-state index in [2.05, 4.69) is 29.2 Å². The molecule has 0 aliphatic carbocycles. The van der Waals surface area contributed by atoms with Crippen molar-refractivity contribution in [2.24, 2.45) is 0 Å². The third-order valence-corrected chi connectivity index (χ3v) is 3.12. The number of amides is 1. The number of hydrogen-bond acceptors (Lipinski definition) is 5. The molecule has 0 saturated heterocycles. The van der Waals surface area contributed by atoms with E-state index in [1.165, 1.54) is 6.07 Å². The lowest BCUT2D eigenvalue weighted by Crippen LogP contribution is -2.40. The van der Waals surface area contributed by atoms with Gasteiger partial charge in [0.05, 0.1) is 0 Å². The van der Waals surface area contributed by atoms with Crippen LogP contribution in [0.25, 0.3) is 0 Å². The number of likely N-dealkylation sites (N-methyl/N-ethyl adjacent to an activating group) is 1. The Bertz CT molecular complexity index is 392. The number of nitrogens with one attached hydrogen (secondary N) is 1. The van der Waals surface area contributed by atoms with Gasteiger partial charge in [0.25, 0.3) is 5.91 Å². The highest BCUT2D eigenvalue weighted by molar-refractivity contribution is 5.92. The molecule has 0 bridgehead atoms. The number of aliphatic hydroxyl groups excluding tert-OH is 1. The van der Waals surface area contributed by atoms with Gasteiger partial charge in [0.1, 0.15) is 6.61 Å². The monoisotopic (exact) mass is 269 g/mol. The van der Waals surface area contributed by atoms with E-state index in [4.69, 9.17) is 9.63 Å². The topological polar surface area (TPSA) is 78.6 Å². The zero-order chi connectivity index (χ0) is 14.3. The van der Waals surface area contributed by atoms with Crippen LogP contribution in [-0.4, -0.2) is 47.2 Å². The van der Waals surface area contributed by atoms with E-state index in [0.29, 0.717) is 12.3 Å². The quantitative estimate of drug-likeness (QED) is 0.736. The number of rotatable bonds is 8. The first-order chi connectivity index (χ1) is 9.08. The number of carbonyl (C=O) groups is 1. The maximum absolute atomic E-state index is 11.8.